The summed E-state index contributed by atoms with van der Waals surface area (Å²) in [6, 6.07) is 4.18. The molecule has 1 aliphatic carbocycles. The largest absolute Gasteiger partial charge is 0.370 e. The Hall–Kier alpha value is -1.09. The van der Waals surface area contributed by atoms with E-state index in [1.807, 2.05) is 12.3 Å². The fraction of sp³-hybridized carbons (Fsp3) is 0.643. The molecular weight excluding hydrogens is 210 g/mol. The second kappa shape index (κ2) is 5.50. The van der Waals surface area contributed by atoms with E-state index in [0.29, 0.717) is 0 Å². The number of nitrogens with one attached hydrogen (secondary N) is 1. The minimum Gasteiger partial charge on any atom is -0.370 e. The van der Waals surface area contributed by atoms with Crippen LogP contribution in [0.5, 0.6) is 0 Å². The third-order valence-corrected chi connectivity index (χ3v) is 3.50. The molecule has 0 radical (unpaired) electrons. The van der Waals surface area contributed by atoms with E-state index in [2.05, 4.69) is 42.2 Å². The first kappa shape index (κ1) is 12.4. The lowest BCUT2D eigenvalue weighted by Gasteiger charge is -2.18. The Kier molecular flexibility index (Phi) is 4.00. The standard InChI is InChI=1S/C14H23N3/c1-4-15-14-12(6-5-7-16-14)9-17(3)10-13-8-11(13)2/h5-7,11,13H,4,8-10H2,1-3H3,(H,15,16). The van der Waals surface area contributed by atoms with Crippen LogP contribution in [0.1, 0.15) is 25.8 Å². The Bertz CT molecular complexity index is 364. The molecule has 2 rings (SSSR count). The van der Waals surface area contributed by atoms with Crippen LogP contribution in [0.3, 0.4) is 0 Å². The summed E-state index contributed by atoms with van der Waals surface area (Å²) < 4.78 is 0. The van der Waals surface area contributed by atoms with Crippen molar-refractivity contribution in [2.75, 3.05) is 25.5 Å². The average molecular weight is 233 g/mol. The van der Waals surface area contributed by atoms with Crippen molar-refractivity contribution in [1.29, 1.82) is 0 Å². The molecule has 0 saturated heterocycles. The van der Waals surface area contributed by atoms with Gasteiger partial charge in [-0.25, -0.2) is 4.98 Å². The highest BCUT2D eigenvalue weighted by molar-refractivity contribution is 5.43. The molecule has 0 bridgehead atoms. The quantitative estimate of drug-likeness (QED) is 0.818. The number of anilines is 1. The number of hydrogen-bond donors (Lipinski definition) is 1. The zero-order chi connectivity index (χ0) is 12.3. The van der Waals surface area contributed by atoms with Gasteiger partial charge >= 0.3 is 0 Å². The summed E-state index contributed by atoms with van der Waals surface area (Å²) in [4.78, 5) is 6.80. The van der Waals surface area contributed by atoms with Crippen molar-refractivity contribution in [2.45, 2.75) is 26.8 Å². The van der Waals surface area contributed by atoms with Crippen LogP contribution >= 0.6 is 0 Å². The molecule has 94 valence electrons. The number of pyridine rings is 1. The van der Waals surface area contributed by atoms with Gasteiger partial charge in [-0.1, -0.05) is 13.0 Å². The van der Waals surface area contributed by atoms with Crippen LogP contribution in [0.25, 0.3) is 0 Å². The van der Waals surface area contributed by atoms with Crippen LogP contribution < -0.4 is 5.32 Å². The highest BCUT2D eigenvalue weighted by Crippen LogP contribution is 2.38. The number of hydrogen-bond acceptors (Lipinski definition) is 3. The van der Waals surface area contributed by atoms with E-state index in [9.17, 15) is 0 Å². The monoisotopic (exact) mass is 233 g/mol. The van der Waals surface area contributed by atoms with Crippen LogP contribution in [0, 0.1) is 11.8 Å². The molecule has 1 aliphatic rings. The maximum atomic E-state index is 4.39. The van der Waals surface area contributed by atoms with Crippen molar-refractivity contribution in [3.8, 4) is 0 Å². The fourth-order valence-electron chi connectivity index (χ4n) is 2.30. The Labute approximate surface area is 104 Å². The predicted molar refractivity (Wildman–Crippen MR) is 72.0 cm³/mol. The molecule has 2 atom stereocenters. The van der Waals surface area contributed by atoms with Crippen molar-refractivity contribution in [3.63, 3.8) is 0 Å². The van der Waals surface area contributed by atoms with Gasteiger partial charge in [-0.3, -0.25) is 0 Å². The summed E-state index contributed by atoms with van der Waals surface area (Å²) in [5.41, 5.74) is 1.30. The lowest BCUT2D eigenvalue weighted by atomic mass is 10.2. The van der Waals surface area contributed by atoms with Crippen molar-refractivity contribution in [1.82, 2.24) is 9.88 Å². The first-order valence-electron chi connectivity index (χ1n) is 6.57. The minimum atomic E-state index is 0.916. The molecule has 3 heteroatoms. The highest BCUT2D eigenvalue weighted by atomic mass is 15.1. The highest BCUT2D eigenvalue weighted by Gasteiger charge is 2.33. The van der Waals surface area contributed by atoms with Gasteiger partial charge in [-0.15, -0.1) is 0 Å². The minimum absolute atomic E-state index is 0.916. The number of nitrogens with zero attached hydrogens (tertiary/aromatic N) is 2. The molecule has 0 spiro atoms. The summed E-state index contributed by atoms with van der Waals surface area (Å²) in [5, 5.41) is 3.32. The van der Waals surface area contributed by atoms with E-state index in [1.165, 1.54) is 18.5 Å². The van der Waals surface area contributed by atoms with Crippen LogP contribution in [-0.4, -0.2) is 30.0 Å². The Morgan fingerprint density at radius 2 is 2.29 bits per heavy atom. The molecule has 1 aromatic heterocycles. The summed E-state index contributed by atoms with van der Waals surface area (Å²) in [7, 11) is 2.20. The van der Waals surface area contributed by atoms with E-state index >= 15 is 0 Å². The third-order valence-electron chi connectivity index (χ3n) is 3.50. The maximum absolute atomic E-state index is 4.39. The summed E-state index contributed by atoms with van der Waals surface area (Å²) in [6.07, 6.45) is 3.25. The molecule has 0 aromatic carbocycles. The molecular formula is C14H23N3. The molecule has 3 nitrogen and oxygen atoms in total. The molecule has 1 fully saturated rings. The van der Waals surface area contributed by atoms with E-state index in [-0.39, 0.29) is 0 Å². The normalized spacial score (nSPS) is 22.8. The van der Waals surface area contributed by atoms with Crippen LogP contribution in [-0.2, 0) is 6.54 Å². The lowest BCUT2D eigenvalue weighted by Crippen LogP contribution is -2.22. The molecule has 0 amide bonds. The summed E-state index contributed by atoms with van der Waals surface area (Å²) >= 11 is 0. The zero-order valence-electron chi connectivity index (χ0n) is 11.1. The van der Waals surface area contributed by atoms with Crippen molar-refractivity contribution >= 4 is 5.82 Å². The van der Waals surface area contributed by atoms with Crippen LogP contribution in [0.15, 0.2) is 18.3 Å². The van der Waals surface area contributed by atoms with E-state index < -0.39 is 0 Å². The smallest absolute Gasteiger partial charge is 0.130 e. The number of aromatic nitrogens is 1. The van der Waals surface area contributed by atoms with Gasteiger partial charge in [0, 0.05) is 31.4 Å². The SMILES string of the molecule is CCNc1ncccc1CN(C)CC1CC1C. The van der Waals surface area contributed by atoms with Gasteiger partial charge in [-0.2, -0.15) is 0 Å². The Balaban J connectivity index is 1.92. The van der Waals surface area contributed by atoms with Gasteiger partial charge in [0.15, 0.2) is 0 Å². The van der Waals surface area contributed by atoms with E-state index in [1.54, 1.807) is 0 Å². The molecule has 1 saturated carbocycles. The van der Waals surface area contributed by atoms with E-state index in [4.69, 9.17) is 0 Å². The third kappa shape index (κ3) is 3.43. The van der Waals surface area contributed by atoms with Gasteiger partial charge in [0.2, 0.25) is 0 Å². The van der Waals surface area contributed by atoms with Gasteiger partial charge in [0.1, 0.15) is 5.82 Å². The topological polar surface area (TPSA) is 28.2 Å². The average Bonchev–Trinajstić information content (AvgIpc) is 2.97. The van der Waals surface area contributed by atoms with Crippen molar-refractivity contribution < 1.29 is 0 Å². The van der Waals surface area contributed by atoms with E-state index in [0.717, 1.165) is 30.7 Å². The van der Waals surface area contributed by atoms with Gasteiger partial charge in [0.25, 0.3) is 0 Å². The zero-order valence-corrected chi connectivity index (χ0v) is 11.1. The first-order chi connectivity index (χ1) is 8.20. The second-order valence-electron chi connectivity index (χ2n) is 5.21. The first-order valence-corrected chi connectivity index (χ1v) is 6.57. The Morgan fingerprint density at radius 1 is 1.53 bits per heavy atom. The molecule has 1 aromatic rings. The van der Waals surface area contributed by atoms with Crippen molar-refractivity contribution in [2.24, 2.45) is 11.8 Å². The number of rotatable bonds is 6. The van der Waals surface area contributed by atoms with Gasteiger partial charge in [-0.05, 0) is 38.3 Å². The predicted octanol–water partition coefficient (Wildman–Crippen LogP) is 2.60. The molecule has 2 unspecified atom stereocenters. The van der Waals surface area contributed by atoms with Crippen LogP contribution in [0.4, 0.5) is 5.82 Å². The summed E-state index contributed by atoms with van der Waals surface area (Å²) in [5.74, 6) is 2.88. The Morgan fingerprint density at radius 3 is 2.94 bits per heavy atom. The molecule has 1 heterocycles. The van der Waals surface area contributed by atoms with Crippen LogP contribution in [0.2, 0.25) is 0 Å². The van der Waals surface area contributed by atoms with Gasteiger partial charge < -0.3 is 10.2 Å². The summed E-state index contributed by atoms with van der Waals surface area (Å²) in [6.45, 7) is 7.56. The van der Waals surface area contributed by atoms with Crippen molar-refractivity contribution in [3.05, 3.63) is 23.9 Å². The van der Waals surface area contributed by atoms with Gasteiger partial charge in [0.05, 0.1) is 0 Å². The maximum Gasteiger partial charge on any atom is 0.130 e. The fourth-order valence-corrected chi connectivity index (χ4v) is 2.30. The molecule has 0 aliphatic heterocycles. The molecule has 17 heavy (non-hydrogen) atoms. The second-order valence-corrected chi connectivity index (χ2v) is 5.21. The lowest BCUT2D eigenvalue weighted by molar-refractivity contribution is 0.307. The molecule has 1 N–H and O–H groups in total.